The molecule has 0 heterocycles. The molecule has 3 heteroatoms. The summed E-state index contributed by atoms with van der Waals surface area (Å²) in [5.41, 5.74) is 7.61. The summed E-state index contributed by atoms with van der Waals surface area (Å²) in [6.07, 6.45) is 4.49. The van der Waals surface area contributed by atoms with E-state index in [1.807, 2.05) is 0 Å². The van der Waals surface area contributed by atoms with E-state index in [0.29, 0.717) is 6.54 Å². The lowest BCUT2D eigenvalue weighted by molar-refractivity contribution is -0.150. The topological polar surface area (TPSA) is 63.3 Å². The Morgan fingerprint density at radius 1 is 1.32 bits per heavy atom. The lowest BCUT2D eigenvalue weighted by Gasteiger charge is -2.33. The first kappa shape index (κ1) is 14.1. The number of aryl methyl sites for hydroxylation is 1. The molecule has 1 atom stereocenters. The standard InChI is InChI=1S/C16H23NO2/c1-2-12-5-7-13(8-6-12)14(11-17)16(15(18)19)9-3-4-10-16/h5-8,14H,2-4,9-11,17H2,1H3,(H,18,19). The zero-order chi connectivity index (χ0) is 13.9. The third kappa shape index (κ3) is 2.52. The first-order chi connectivity index (χ1) is 9.14. The Hall–Kier alpha value is -1.35. The molecular formula is C16H23NO2. The molecule has 2 rings (SSSR count). The van der Waals surface area contributed by atoms with Gasteiger partial charge in [0.15, 0.2) is 0 Å². The van der Waals surface area contributed by atoms with Gasteiger partial charge in [-0.1, -0.05) is 44.0 Å². The molecule has 1 aromatic rings. The molecule has 1 aromatic carbocycles. The summed E-state index contributed by atoms with van der Waals surface area (Å²) in [5, 5.41) is 9.67. The van der Waals surface area contributed by atoms with Crippen LogP contribution < -0.4 is 5.73 Å². The van der Waals surface area contributed by atoms with E-state index in [9.17, 15) is 9.90 Å². The fraction of sp³-hybridized carbons (Fsp3) is 0.562. The van der Waals surface area contributed by atoms with E-state index in [1.54, 1.807) is 0 Å². The van der Waals surface area contributed by atoms with Crippen molar-refractivity contribution in [3.8, 4) is 0 Å². The minimum Gasteiger partial charge on any atom is -0.481 e. The number of carboxylic acid groups (broad SMARTS) is 1. The molecule has 0 saturated heterocycles. The zero-order valence-electron chi connectivity index (χ0n) is 11.6. The van der Waals surface area contributed by atoms with Crippen LogP contribution >= 0.6 is 0 Å². The van der Waals surface area contributed by atoms with Crippen LogP contribution in [0.3, 0.4) is 0 Å². The normalized spacial score (nSPS) is 19.3. The molecule has 0 aliphatic heterocycles. The molecule has 1 aliphatic rings. The Morgan fingerprint density at radius 3 is 2.32 bits per heavy atom. The number of nitrogens with two attached hydrogens (primary N) is 1. The molecule has 104 valence electrons. The van der Waals surface area contributed by atoms with Crippen LogP contribution in [0.15, 0.2) is 24.3 Å². The molecule has 1 saturated carbocycles. The third-order valence-corrected chi connectivity index (χ3v) is 4.61. The van der Waals surface area contributed by atoms with Crippen molar-refractivity contribution in [2.75, 3.05) is 6.54 Å². The minimum absolute atomic E-state index is 0.0709. The van der Waals surface area contributed by atoms with Crippen LogP contribution in [0.4, 0.5) is 0 Å². The van der Waals surface area contributed by atoms with Crippen molar-refractivity contribution in [3.05, 3.63) is 35.4 Å². The van der Waals surface area contributed by atoms with Crippen molar-refractivity contribution >= 4 is 5.97 Å². The fourth-order valence-corrected chi connectivity index (χ4v) is 3.38. The highest BCUT2D eigenvalue weighted by Crippen LogP contribution is 2.48. The second-order valence-electron chi connectivity index (χ2n) is 5.55. The second-order valence-corrected chi connectivity index (χ2v) is 5.55. The van der Waals surface area contributed by atoms with Crippen LogP contribution in [0.25, 0.3) is 0 Å². The zero-order valence-corrected chi connectivity index (χ0v) is 11.6. The van der Waals surface area contributed by atoms with Gasteiger partial charge in [0, 0.05) is 12.5 Å². The number of carbonyl (C=O) groups is 1. The molecule has 0 aromatic heterocycles. The largest absolute Gasteiger partial charge is 0.481 e. The average Bonchev–Trinajstić information content (AvgIpc) is 2.91. The molecule has 1 aliphatic carbocycles. The van der Waals surface area contributed by atoms with Crippen LogP contribution in [-0.2, 0) is 11.2 Å². The van der Waals surface area contributed by atoms with Gasteiger partial charge in [0.2, 0.25) is 0 Å². The van der Waals surface area contributed by atoms with Crippen LogP contribution in [-0.4, -0.2) is 17.6 Å². The lowest BCUT2D eigenvalue weighted by atomic mass is 9.70. The van der Waals surface area contributed by atoms with Gasteiger partial charge in [-0.2, -0.15) is 0 Å². The van der Waals surface area contributed by atoms with Crippen molar-refractivity contribution in [2.24, 2.45) is 11.1 Å². The summed E-state index contributed by atoms with van der Waals surface area (Å²) in [5.74, 6) is -0.751. The van der Waals surface area contributed by atoms with Gasteiger partial charge >= 0.3 is 5.97 Å². The Labute approximate surface area is 114 Å². The molecule has 0 bridgehead atoms. The maximum Gasteiger partial charge on any atom is 0.310 e. The van der Waals surface area contributed by atoms with Crippen molar-refractivity contribution in [3.63, 3.8) is 0 Å². The van der Waals surface area contributed by atoms with Gasteiger partial charge in [0.1, 0.15) is 0 Å². The molecule has 1 fully saturated rings. The lowest BCUT2D eigenvalue weighted by Crippen LogP contribution is -2.38. The molecule has 3 N–H and O–H groups in total. The molecule has 1 unspecified atom stereocenters. The number of hydrogen-bond acceptors (Lipinski definition) is 2. The molecule has 19 heavy (non-hydrogen) atoms. The van der Waals surface area contributed by atoms with Gasteiger partial charge in [-0.05, 0) is 30.4 Å². The van der Waals surface area contributed by atoms with Crippen LogP contribution in [0, 0.1) is 5.41 Å². The average molecular weight is 261 g/mol. The van der Waals surface area contributed by atoms with Crippen LogP contribution in [0.1, 0.15) is 49.7 Å². The number of benzene rings is 1. The predicted octanol–water partition coefficient (Wildman–Crippen LogP) is 2.94. The Balaban J connectivity index is 2.34. The summed E-state index contributed by atoms with van der Waals surface area (Å²) in [4.78, 5) is 11.8. The minimum atomic E-state index is -0.681. The predicted molar refractivity (Wildman–Crippen MR) is 76.2 cm³/mol. The third-order valence-electron chi connectivity index (χ3n) is 4.61. The molecule has 3 nitrogen and oxygen atoms in total. The van der Waals surface area contributed by atoms with E-state index in [0.717, 1.165) is 37.7 Å². The quantitative estimate of drug-likeness (QED) is 0.856. The summed E-state index contributed by atoms with van der Waals surface area (Å²) < 4.78 is 0. The first-order valence-electron chi connectivity index (χ1n) is 7.16. The van der Waals surface area contributed by atoms with Gasteiger partial charge < -0.3 is 10.8 Å². The highest BCUT2D eigenvalue weighted by atomic mass is 16.4. The van der Waals surface area contributed by atoms with E-state index in [2.05, 4.69) is 31.2 Å². The maximum absolute atomic E-state index is 11.8. The maximum atomic E-state index is 11.8. The molecule has 0 amide bonds. The van der Waals surface area contributed by atoms with Crippen molar-refractivity contribution < 1.29 is 9.90 Å². The number of aliphatic carboxylic acids is 1. The van der Waals surface area contributed by atoms with E-state index in [4.69, 9.17) is 5.73 Å². The number of carboxylic acids is 1. The van der Waals surface area contributed by atoms with Gasteiger partial charge in [0.05, 0.1) is 5.41 Å². The molecule has 0 spiro atoms. The van der Waals surface area contributed by atoms with E-state index in [-0.39, 0.29) is 5.92 Å². The monoisotopic (exact) mass is 261 g/mol. The smallest absolute Gasteiger partial charge is 0.310 e. The summed E-state index contributed by atoms with van der Waals surface area (Å²) in [6, 6.07) is 8.28. The highest BCUT2D eigenvalue weighted by Gasteiger charge is 2.47. The van der Waals surface area contributed by atoms with Crippen LogP contribution in [0.2, 0.25) is 0 Å². The van der Waals surface area contributed by atoms with E-state index < -0.39 is 11.4 Å². The summed E-state index contributed by atoms with van der Waals surface area (Å²) in [6.45, 7) is 2.52. The van der Waals surface area contributed by atoms with Crippen molar-refractivity contribution in [1.29, 1.82) is 0 Å². The highest BCUT2D eigenvalue weighted by molar-refractivity contribution is 5.76. The van der Waals surface area contributed by atoms with E-state index >= 15 is 0 Å². The van der Waals surface area contributed by atoms with Gasteiger partial charge in [0.25, 0.3) is 0 Å². The summed E-state index contributed by atoms with van der Waals surface area (Å²) in [7, 11) is 0. The van der Waals surface area contributed by atoms with Crippen molar-refractivity contribution in [1.82, 2.24) is 0 Å². The van der Waals surface area contributed by atoms with Gasteiger partial charge in [-0.3, -0.25) is 4.79 Å². The Morgan fingerprint density at radius 2 is 1.89 bits per heavy atom. The Kier molecular flexibility index (Phi) is 4.25. The van der Waals surface area contributed by atoms with Crippen molar-refractivity contribution in [2.45, 2.75) is 44.9 Å². The van der Waals surface area contributed by atoms with Crippen LogP contribution in [0.5, 0.6) is 0 Å². The van der Waals surface area contributed by atoms with E-state index in [1.165, 1.54) is 5.56 Å². The van der Waals surface area contributed by atoms with Gasteiger partial charge in [-0.25, -0.2) is 0 Å². The number of rotatable bonds is 5. The summed E-state index contributed by atoms with van der Waals surface area (Å²) >= 11 is 0. The fourth-order valence-electron chi connectivity index (χ4n) is 3.38. The molecular weight excluding hydrogens is 238 g/mol. The SMILES string of the molecule is CCc1ccc(C(CN)C2(C(=O)O)CCCC2)cc1. The Bertz CT molecular complexity index is 433. The second kappa shape index (κ2) is 5.74. The first-order valence-corrected chi connectivity index (χ1v) is 7.16. The molecule has 0 radical (unpaired) electrons. The van der Waals surface area contributed by atoms with Gasteiger partial charge in [-0.15, -0.1) is 0 Å². The number of hydrogen-bond donors (Lipinski definition) is 2.